The number of para-hydroxylation sites is 2. The molecule has 0 saturated heterocycles. The Hall–Kier alpha value is -3.02. The summed E-state index contributed by atoms with van der Waals surface area (Å²) in [5.41, 5.74) is 1.37. The van der Waals surface area contributed by atoms with E-state index in [1.54, 1.807) is 18.2 Å². The van der Waals surface area contributed by atoms with Crippen molar-refractivity contribution in [3.05, 3.63) is 60.2 Å². The predicted octanol–water partition coefficient (Wildman–Crippen LogP) is 3.82. The fourth-order valence-electron chi connectivity index (χ4n) is 3.25. The standard InChI is InChI=1S/C21H24N2O4/c24-19-9-5-4-8-18(19)23-20(25)16-10-12-17(13-11-16)22-21(26)27-14-15-6-2-1-3-7-15/h1-9,16-17,24H,10-14H2,(H,22,26)(H,23,25). The van der Waals surface area contributed by atoms with Gasteiger partial charge in [-0.1, -0.05) is 42.5 Å². The van der Waals surface area contributed by atoms with E-state index in [1.165, 1.54) is 6.07 Å². The highest BCUT2D eigenvalue weighted by Gasteiger charge is 2.27. The summed E-state index contributed by atoms with van der Waals surface area (Å²) in [6.07, 6.45) is 2.38. The Labute approximate surface area is 158 Å². The van der Waals surface area contributed by atoms with Gasteiger partial charge in [0.1, 0.15) is 12.4 Å². The van der Waals surface area contributed by atoms with E-state index in [4.69, 9.17) is 4.74 Å². The van der Waals surface area contributed by atoms with Crippen LogP contribution < -0.4 is 10.6 Å². The van der Waals surface area contributed by atoms with Crippen LogP contribution in [0, 0.1) is 5.92 Å². The quantitative estimate of drug-likeness (QED) is 0.700. The molecule has 6 nitrogen and oxygen atoms in total. The average molecular weight is 368 g/mol. The fraction of sp³-hybridized carbons (Fsp3) is 0.333. The first-order chi connectivity index (χ1) is 13.1. The van der Waals surface area contributed by atoms with Crippen molar-refractivity contribution in [2.75, 3.05) is 5.32 Å². The summed E-state index contributed by atoms with van der Waals surface area (Å²) in [4.78, 5) is 24.3. The number of aromatic hydroxyl groups is 1. The van der Waals surface area contributed by atoms with E-state index in [1.807, 2.05) is 30.3 Å². The van der Waals surface area contributed by atoms with Crippen molar-refractivity contribution in [3.8, 4) is 5.75 Å². The lowest BCUT2D eigenvalue weighted by atomic mass is 9.85. The van der Waals surface area contributed by atoms with Gasteiger partial charge in [0.15, 0.2) is 0 Å². The van der Waals surface area contributed by atoms with Gasteiger partial charge in [0.25, 0.3) is 0 Å². The minimum Gasteiger partial charge on any atom is -0.506 e. The second kappa shape index (κ2) is 9.07. The summed E-state index contributed by atoms with van der Waals surface area (Å²) >= 11 is 0. The predicted molar refractivity (Wildman–Crippen MR) is 102 cm³/mol. The lowest BCUT2D eigenvalue weighted by Crippen LogP contribution is -2.39. The molecule has 0 heterocycles. The number of alkyl carbamates (subject to hydrolysis) is 1. The van der Waals surface area contributed by atoms with E-state index >= 15 is 0 Å². The zero-order valence-electron chi connectivity index (χ0n) is 15.1. The van der Waals surface area contributed by atoms with E-state index in [9.17, 15) is 14.7 Å². The van der Waals surface area contributed by atoms with Crippen molar-refractivity contribution in [3.63, 3.8) is 0 Å². The molecule has 0 aliphatic heterocycles. The van der Waals surface area contributed by atoms with Gasteiger partial charge in [0.2, 0.25) is 5.91 Å². The van der Waals surface area contributed by atoms with Crippen LogP contribution in [0.1, 0.15) is 31.2 Å². The van der Waals surface area contributed by atoms with E-state index in [-0.39, 0.29) is 30.2 Å². The van der Waals surface area contributed by atoms with Crippen molar-refractivity contribution in [1.29, 1.82) is 0 Å². The van der Waals surface area contributed by atoms with Gasteiger partial charge in [0.05, 0.1) is 5.69 Å². The third kappa shape index (κ3) is 5.48. The number of hydrogen-bond donors (Lipinski definition) is 3. The van der Waals surface area contributed by atoms with Crippen LogP contribution in [-0.4, -0.2) is 23.1 Å². The van der Waals surface area contributed by atoms with E-state index in [0.717, 1.165) is 18.4 Å². The number of carbonyl (C=O) groups is 2. The molecule has 3 N–H and O–H groups in total. The molecule has 0 atom stereocenters. The monoisotopic (exact) mass is 368 g/mol. The topological polar surface area (TPSA) is 87.7 Å². The van der Waals surface area contributed by atoms with Crippen LogP contribution in [-0.2, 0) is 16.1 Å². The SMILES string of the molecule is O=C(NC1CCC(C(=O)Nc2ccccc2O)CC1)OCc1ccccc1. The zero-order chi connectivity index (χ0) is 19.1. The summed E-state index contributed by atoms with van der Waals surface area (Å²) in [6.45, 7) is 0.241. The van der Waals surface area contributed by atoms with Gasteiger partial charge in [-0.2, -0.15) is 0 Å². The van der Waals surface area contributed by atoms with Crippen LogP contribution in [0.2, 0.25) is 0 Å². The lowest BCUT2D eigenvalue weighted by molar-refractivity contribution is -0.120. The third-order valence-electron chi connectivity index (χ3n) is 4.79. The van der Waals surface area contributed by atoms with Crippen LogP contribution in [0.3, 0.4) is 0 Å². The number of anilines is 1. The van der Waals surface area contributed by atoms with Crippen molar-refractivity contribution < 1.29 is 19.4 Å². The van der Waals surface area contributed by atoms with Crippen molar-refractivity contribution in [2.24, 2.45) is 5.92 Å². The molecule has 0 aromatic heterocycles. The Kier molecular flexibility index (Phi) is 6.30. The van der Waals surface area contributed by atoms with Gasteiger partial charge in [-0.05, 0) is 43.4 Å². The first-order valence-corrected chi connectivity index (χ1v) is 9.18. The Morgan fingerprint density at radius 1 is 0.963 bits per heavy atom. The van der Waals surface area contributed by atoms with Crippen LogP contribution in [0.4, 0.5) is 10.5 Å². The second-order valence-corrected chi connectivity index (χ2v) is 6.76. The summed E-state index contributed by atoms with van der Waals surface area (Å²) < 4.78 is 5.24. The molecule has 142 valence electrons. The Morgan fingerprint density at radius 3 is 2.33 bits per heavy atom. The normalized spacial score (nSPS) is 19.1. The summed E-state index contributed by atoms with van der Waals surface area (Å²) in [5, 5.41) is 15.4. The Bertz CT molecular complexity index is 771. The number of ether oxygens (including phenoxy) is 1. The Balaban J connectivity index is 1.40. The largest absolute Gasteiger partial charge is 0.506 e. The van der Waals surface area contributed by atoms with Crippen LogP contribution in [0.15, 0.2) is 54.6 Å². The summed E-state index contributed by atoms with van der Waals surface area (Å²) in [5.74, 6) is -0.160. The molecule has 1 saturated carbocycles. The molecule has 2 aromatic rings. The molecule has 2 amide bonds. The Morgan fingerprint density at radius 2 is 1.63 bits per heavy atom. The number of rotatable bonds is 5. The summed E-state index contributed by atoms with van der Waals surface area (Å²) in [7, 11) is 0. The minimum absolute atomic E-state index is 0.0162. The highest BCUT2D eigenvalue weighted by Crippen LogP contribution is 2.28. The number of hydrogen-bond acceptors (Lipinski definition) is 4. The van der Waals surface area contributed by atoms with Gasteiger partial charge < -0.3 is 20.5 Å². The number of amides is 2. The molecule has 0 unspecified atom stereocenters. The maximum absolute atomic E-state index is 12.4. The molecule has 0 spiro atoms. The average Bonchev–Trinajstić information content (AvgIpc) is 2.69. The second-order valence-electron chi connectivity index (χ2n) is 6.76. The van der Waals surface area contributed by atoms with E-state index in [2.05, 4.69) is 10.6 Å². The molecule has 2 aromatic carbocycles. The van der Waals surface area contributed by atoms with Gasteiger partial charge >= 0.3 is 6.09 Å². The maximum Gasteiger partial charge on any atom is 0.407 e. The summed E-state index contributed by atoms with van der Waals surface area (Å²) in [6, 6.07) is 16.2. The molecule has 27 heavy (non-hydrogen) atoms. The molecule has 1 aliphatic carbocycles. The fourth-order valence-corrected chi connectivity index (χ4v) is 3.25. The van der Waals surface area contributed by atoms with Crippen molar-refractivity contribution in [2.45, 2.75) is 38.3 Å². The number of phenols is 1. The van der Waals surface area contributed by atoms with E-state index in [0.29, 0.717) is 18.5 Å². The number of phenolic OH excluding ortho intramolecular Hbond substituents is 1. The van der Waals surface area contributed by atoms with E-state index < -0.39 is 6.09 Å². The highest BCUT2D eigenvalue weighted by atomic mass is 16.5. The van der Waals surface area contributed by atoms with Gasteiger partial charge in [0, 0.05) is 12.0 Å². The molecule has 1 aliphatic rings. The van der Waals surface area contributed by atoms with Crippen LogP contribution in [0.5, 0.6) is 5.75 Å². The molecule has 3 rings (SSSR count). The van der Waals surface area contributed by atoms with Crippen molar-refractivity contribution >= 4 is 17.7 Å². The maximum atomic E-state index is 12.4. The highest BCUT2D eigenvalue weighted by molar-refractivity contribution is 5.93. The third-order valence-corrected chi connectivity index (χ3v) is 4.79. The van der Waals surface area contributed by atoms with Crippen LogP contribution in [0.25, 0.3) is 0 Å². The smallest absolute Gasteiger partial charge is 0.407 e. The van der Waals surface area contributed by atoms with Crippen molar-refractivity contribution in [1.82, 2.24) is 5.32 Å². The van der Waals surface area contributed by atoms with Gasteiger partial charge in [-0.15, -0.1) is 0 Å². The minimum atomic E-state index is -0.430. The molecule has 6 heteroatoms. The van der Waals surface area contributed by atoms with Gasteiger partial charge in [-0.25, -0.2) is 4.79 Å². The van der Waals surface area contributed by atoms with Gasteiger partial charge in [-0.3, -0.25) is 4.79 Å². The van der Waals surface area contributed by atoms with Crippen LogP contribution >= 0.6 is 0 Å². The molecular formula is C21H24N2O4. The molecule has 0 radical (unpaired) electrons. The molecule has 0 bridgehead atoms. The lowest BCUT2D eigenvalue weighted by Gasteiger charge is -2.28. The number of nitrogens with one attached hydrogen (secondary N) is 2. The first-order valence-electron chi connectivity index (χ1n) is 9.18. The molecule has 1 fully saturated rings. The first kappa shape index (κ1) is 18.8. The number of benzene rings is 2. The zero-order valence-corrected chi connectivity index (χ0v) is 15.1. The number of carbonyl (C=O) groups excluding carboxylic acids is 2. The molecular weight excluding hydrogens is 344 g/mol.